The second-order valence-corrected chi connectivity index (χ2v) is 6.56. The van der Waals surface area contributed by atoms with Gasteiger partial charge in [0.15, 0.2) is 5.15 Å². The monoisotopic (exact) mass is 440 g/mol. The Morgan fingerprint density at radius 3 is 2.39 bits per heavy atom. The average Bonchev–Trinajstić information content (AvgIpc) is 2.80. The second kappa shape index (κ2) is 10.4. The number of methoxy groups -OCH3 is 2. The highest BCUT2D eigenvalue weighted by Gasteiger charge is 2.13. The minimum absolute atomic E-state index is 0.0775. The van der Waals surface area contributed by atoms with Crippen molar-refractivity contribution in [3.05, 3.63) is 65.1 Å². The Kier molecular flexibility index (Phi) is 7.40. The highest BCUT2D eigenvalue weighted by Crippen LogP contribution is 2.26. The molecule has 3 rings (SSSR count). The van der Waals surface area contributed by atoms with Crippen LogP contribution in [0.1, 0.15) is 23.0 Å². The molecule has 3 aromatic rings. The summed E-state index contributed by atoms with van der Waals surface area (Å²) >= 11 is 6.19. The molecule has 0 fully saturated rings. The highest BCUT2D eigenvalue weighted by atomic mass is 35.5. The summed E-state index contributed by atoms with van der Waals surface area (Å²) in [7, 11) is 3.11. The van der Waals surface area contributed by atoms with Crippen molar-refractivity contribution < 1.29 is 19.0 Å². The van der Waals surface area contributed by atoms with Gasteiger partial charge in [0.2, 0.25) is 0 Å². The number of carbonyl (C=O) groups excluding carboxylic acids is 1. The third-order valence-corrected chi connectivity index (χ3v) is 4.43. The lowest BCUT2D eigenvalue weighted by molar-refractivity contribution is 0.0950. The average molecular weight is 441 g/mol. The fourth-order valence-electron chi connectivity index (χ4n) is 2.67. The van der Waals surface area contributed by atoms with Gasteiger partial charge in [0.1, 0.15) is 28.6 Å². The smallest absolute Gasteiger partial charge is 0.291 e. The van der Waals surface area contributed by atoms with E-state index in [2.05, 4.69) is 20.5 Å². The molecule has 0 aliphatic carbocycles. The lowest BCUT2D eigenvalue weighted by Gasteiger charge is -2.07. The summed E-state index contributed by atoms with van der Waals surface area (Å²) in [4.78, 5) is 20.9. The molecule has 0 bridgehead atoms. The maximum absolute atomic E-state index is 12.5. The third kappa shape index (κ3) is 5.70. The number of nitrogens with one attached hydrogen (secondary N) is 1. The van der Waals surface area contributed by atoms with E-state index in [1.54, 1.807) is 56.7 Å². The van der Waals surface area contributed by atoms with Crippen LogP contribution in [-0.2, 0) is 0 Å². The van der Waals surface area contributed by atoms with Crippen molar-refractivity contribution in [1.82, 2.24) is 15.4 Å². The van der Waals surface area contributed by atoms with Gasteiger partial charge in [-0.15, -0.1) is 0 Å². The van der Waals surface area contributed by atoms with E-state index in [4.69, 9.17) is 25.8 Å². The first-order valence-electron chi connectivity index (χ1n) is 9.36. The van der Waals surface area contributed by atoms with E-state index in [-0.39, 0.29) is 10.8 Å². The number of halogens is 1. The zero-order valence-electron chi connectivity index (χ0n) is 17.3. The Labute approximate surface area is 184 Å². The number of ether oxygens (including phenoxy) is 3. The number of carbonyl (C=O) groups is 1. The predicted molar refractivity (Wildman–Crippen MR) is 118 cm³/mol. The van der Waals surface area contributed by atoms with E-state index in [1.807, 2.05) is 6.92 Å². The molecule has 0 spiro atoms. The van der Waals surface area contributed by atoms with E-state index in [9.17, 15) is 4.79 Å². The molecule has 9 heteroatoms. The molecular formula is C22H21ClN4O4. The van der Waals surface area contributed by atoms with Crippen LogP contribution >= 0.6 is 11.6 Å². The van der Waals surface area contributed by atoms with Gasteiger partial charge in [-0.25, -0.2) is 15.4 Å². The molecule has 0 atom stereocenters. The Balaban J connectivity index is 1.75. The van der Waals surface area contributed by atoms with Crippen molar-refractivity contribution in [1.29, 1.82) is 0 Å². The van der Waals surface area contributed by atoms with Gasteiger partial charge >= 0.3 is 0 Å². The fraction of sp³-hybridized carbons (Fsp3) is 0.182. The van der Waals surface area contributed by atoms with Gasteiger partial charge in [-0.2, -0.15) is 5.10 Å². The molecule has 1 aromatic heterocycles. The Morgan fingerprint density at radius 2 is 1.77 bits per heavy atom. The summed E-state index contributed by atoms with van der Waals surface area (Å²) in [6, 6.07) is 12.5. The van der Waals surface area contributed by atoms with Crippen LogP contribution in [0, 0.1) is 0 Å². The summed E-state index contributed by atoms with van der Waals surface area (Å²) in [5, 5.41) is 4.16. The number of amides is 1. The zero-order valence-corrected chi connectivity index (χ0v) is 18.0. The summed E-state index contributed by atoms with van der Waals surface area (Å²) in [5.74, 6) is 1.42. The lowest BCUT2D eigenvalue weighted by Crippen LogP contribution is -2.19. The van der Waals surface area contributed by atoms with Gasteiger partial charge < -0.3 is 14.2 Å². The van der Waals surface area contributed by atoms with Gasteiger partial charge in [0, 0.05) is 17.2 Å². The molecule has 8 nitrogen and oxygen atoms in total. The number of benzene rings is 2. The van der Waals surface area contributed by atoms with E-state index < -0.39 is 5.91 Å². The van der Waals surface area contributed by atoms with Crippen molar-refractivity contribution in [2.75, 3.05) is 20.8 Å². The van der Waals surface area contributed by atoms with Crippen molar-refractivity contribution in [2.45, 2.75) is 6.92 Å². The van der Waals surface area contributed by atoms with Crippen LogP contribution in [0.4, 0.5) is 0 Å². The maximum Gasteiger partial charge on any atom is 0.291 e. The topological polar surface area (TPSA) is 94.9 Å². The molecule has 160 valence electrons. The number of nitrogens with zero attached hydrogens (tertiary/aromatic N) is 3. The number of rotatable bonds is 8. The van der Waals surface area contributed by atoms with Crippen LogP contribution in [0.15, 0.2) is 53.8 Å². The van der Waals surface area contributed by atoms with Crippen molar-refractivity contribution >= 4 is 23.7 Å². The second-order valence-electron chi connectivity index (χ2n) is 6.20. The molecule has 0 radical (unpaired) electrons. The van der Waals surface area contributed by atoms with Crippen LogP contribution in [-0.4, -0.2) is 42.9 Å². The normalized spacial score (nSPS) is 10.7. The largest absolute Gasteiger partial charge is 0.497 e. The van der Waals surface area contributed by atoms with Crippen LogP contribution in [0.3, 0.4) is 0 Å². The lowest BCUT2D eigenvalue weighted by atomic mass is 10.1. The molecule has 0 saturated carbocycles. The molecular weight excluding hydrogens is 420 g/mol. The number of aromatic nitrogens is 2. The van der Waals surface area contributed by atoms with Gasteiger partial charge in [0.25, 0.3) is 5.91 Å². The summed E-state index contributed by atoms with van der Waals surface area (Å²) in [5.41, 5.74) is 4.29. The molecule has 0 aliphatic heterocycles. The van der Waals surface area contributed by atoms with Crippen LogP contribution in [0.5, 0.6) is 17.2 Å². The first-order valence-corrected chi connectivity index (χ1v) is 9.74. The van der Waals surface area contributed by atoms with Crippen LogP contribution < -0.4 is 19.6 Å². The van der Waals surface area contributed by atoms with Crippen LogP contribution in [0.25, 0.3) is 11.3 Å². The minimum Gasteiger partial charge on any atom is -0.497 e. The molecule has 1 amide bonds. The van der Waals surface area contributed by atoms with Crippen molar-refractivity contribution in [3.63, 3.8) is 0 Å². The van der Waals surface area contributed by atoms with E-state index in [0.717, 1.165) is 5.75 Å². The number of hydrazone groups is 1. The van der Waals surface area contributed by atoms with Crippen molar-refractivity contribution in [3.8, 4) is 28.5 Å². The molecule has 1 N–H and O–H groups in total. The molecule has 2 aromatic carbocycles. The predicted octanol–water partition coefficient (Wildman–Crippen LogP) is 3.98. The van der Waals surface area contributed by atoms with Gasteiger partial charge in [-0.05, 0) is 43.3 Å². The first-order chi connectivity index (χ1) is 15.0. The molecule has 1 heterocycles. The quantitative estimate of drug-likeness (QED) is 0.420. The van der Waals surface area contributed by atoms with Gasteiger partial charge in [0.05, 0.1) is 33.2 Å². The van der Waals surface area contributed by atoms with Crippen molar-refractivity contribution in [2.24, 2.45) is 5.10 Å². The zero-order chi connectivity index (χ0) is 22.2. The molecule has 0 aliphatic rings. The minimum atomic E-state index is -0.525. The third-order valence-electron chi connectivity index (χ3n) is 4.15. The number of hydrogen-bond acceptors (Lipinski definition) is 7. The van der Waals surface area contributed by atoms with Gasteiger partial charge in [-0.1, -0.05) is 11.6 Å². The fourth-order valence-corrected chi connectivity index (χ4v) is 2.87. The Hall–Kier alpha value is -3.65. The SMILES string of the molecule is CCOc1ccc(-c2nc(C(=O)NN=Cc3cc(OC)cc(OC)c3)cnc2Cl)cc1. The Morgan fingerprint density at radius 1 is 1.10 bits per heavy atom. The van der Waals surface area contributed by atoms with E-state index >= 15 is 0 Å². The summed E-state index contributed by atoms with van der Waals surface area (Å²) in [6.07, 6.45) is 2.76. The Bertz CT molecular complexity index is 1070. The number of hydrogen-bond donors (Lipinski definition) is 1. The summed E-state index contributed by atoms with van der Waals surface area (Å²) in [6.45, 7) is 2.48. The molecule has 0 saturated heterocycles. The van der Waals surface area contributed by atoms with Gasteiger partial charge in [-0.3, -0.25) is 4.79 Å². The molecule has 31 heavy (non-hydrogen) atoms. The van der Waals surface area contributed by atoms with Crippen LogP contribution in [0.2, 0.25) is 5.15 Å². The standard InChI is InChI=1S/C22H21ClN4O4/c1-4-31-16-7-5-15(6-8-16)20-21(23)24-13-19(26-20)22(28)27-25-12-14-9-17(29-2)11-18(10-14)30-3/h5-13H,4H2,1-3H3,(H,27,28). The first kappa shape index (κ1) is 22.0. The summed E-state index contributed by atoms with van der Waals surface area (Å²) < 4.78 is 15.9. The maximum atomic E-state index is 12.5. The van der Waals surface area contributed by atoms with E-state index in [1.165, 1.54) is 12.4 Å². The van der Waals surface area contributed by atoms with E-state index in [0.29, 0.717) is 34.9 Å². The highest BCUT2D eigenvalue weighted by molar-refractivity contribution is 6.31. The molecule has 0 unspecified atom stereocenters.